The Balaban J connectivity index is 1.97. The summed E-state index contributed by atoms with van der Waals surface area (Å²) in [5, 5.41) is 7.53. The minimum Gasteiger partial charge on any atom is -0.316 e. The normalized spacial score (nSPS) is 15.0. The van der Waals surface area contributed by atoms with Crippen molar-refractivity contribution in [1.29, 1.82) is 0 Å². The van der Waals surface area contributed by atoms with Gasteiger partial charge in [-0.25, -0.2) is 14.1 Å². The van der Waals surface area contributed by atoms with Crippen LogP contribution >= 0.6 is 0 Å². The molecular formula is C13H15FN4. The summed E-state index contributed by atoms with van der Waals surface area (Å²) in [6.45, 7) is 0.568. The number of aromatic nitrogens is 3. The predicted octanol–water partition coefficient (Wildman–Crippen LogP) is 2.00. The number of nitrogens with one attached hydrogen (secondary N) is 1. The van der Waals surface area contributed by atoms with Crippen molar-refractivity contribution in [3.05, 3.63) is 41.6 Å². The molecule has 0 radical (unpaired) electrons. The lowest BCUT2D eigenvalue weighted by atomic mass is 10.2. The van der Waals surface area contributed by atoms with Crippen LogP contribution in [0.15, 0.2) is 24.5 Å². The monoisotopic (exact) mass is 246 g/mol. The van der Waals surface area contributed by atoms with Crippen LogP contribution in [0.5, 0.6) is 0 Å². The Morgan fingerprint density at radius 2 is 2.33 bits per heavy atom. The Morgan fingerprint density at radius 1 is 1.50 bits per heavy atom. The van der Waals surface area contributed by atoms with Gasteiger partial charge in [0.2, 0.25) is 0 Å². The molecule has 0 spiro atoms. The summed E-state index contributed by atoms with van der Waals surface area (Å²) in [6, 6.07) is 3.52. The van der Waals surface area contributed by atoms with E-state index in [0.717, 1.165) is 11.3 Å². The van der Waals surface area contributed by atoms with Crippen LogP contribution < -0.4 is 5.32 Å². The highest BCUT2D eigenvalue weighted by Gasteiger charge is 2.26. The zero-order chi connectivity index (χ0) is 12.5. The van der Waals surface area contributed by atoms with Crippen LogP contribution in [0.25, 0.3) is 5.82 Å². The van der Waals surface area contributed by atoms with Gasteiger partial charge in [0.15, 0.2) is 5.82 Å². The van der Waals surface area contributed by atoms with E-state index >= 15 is 0 Å². The molecule has 4 nitrogen and oxygen atoms in total. The van der Waals surface area contributed by atoms with Crippen LogP contribution in [-0.2, 0) is 6.54 Å². The third-order valence-corrected chi connectivity index (χ3v) is 3.10. The van der Waals surface area contributed by atoms with Crippen molar-refractivity contribution in [2.45, 2.75) is 25.3 Å². The van der Waals surface area contributed by atoms with Gasteiger partial charge in [-0.3, -0.25) is 0 Å². The van der Waals surface area contributed by atoms with E-state index in [4.69, 9.17) is 0 Å². The van der Waals surface area contributed by atoms with Crippen molar-refractivity contribution in [2.24, 2.45) is 0 Å². The molecule has 0 amide bonds. The van der Waals surface area contributed by atoms with Gasteiger partial charge in [0, 0.05) is 24.2 Å². The van der Waals surface area contributed by atoms with Crippen LogP contribution in [-0.4, -0.2) is 21.8 Å². The van der Waals surface area contributed by atoms with E-state index in [1.807, 2.05) is 19.3 Å². The fraction of sp³-hybridized carbons (Fsp3) is 0.385. The first-order valence-electron chi connectivity index (χ1n) is 6.13. The summed E-state index contributed by atoms with van der Waals surface area (Å²) in [7, 11) is 1.83. The highest BCUT2D eigenvalue weighted by Crippen LogP contribution is 2.39. The molecule has 94 valence electrons. The van der Waals surface area contributed by atoms with Crippen LogP contribution in [0.1, 0.15) is 30.0 Å². The van der Waals surface area contributed by atoms with Crippen LogP contribution in [0.2, 0.25) is 0 Å². The lowest BCUT2D eigenvalue weighted by molar-refractivity contribution is 0.612. The molecule has 0 bridgehead atoms. The van der Waals surface area contributed by atoms with Gasteiger partial charge in [0.05, 0.1) is 11.9 Å². The van der Waals surface area contributed by atoms with Crippen LogP contribution in [0.4, 0.5) is 4.39 Å². The molecule has 18 heavy (non-hydrogen) atoms. The van der Waals surface area contributed by atoms with Gasteiger partial charge in [-0.1, -0.05) is 0 Å². The molecule has 0 unspecified atom stereocenters. The van der Waals surface area contributed by atoms with E-state index in [1.54, 1.807) is 4.68 Å². The molecule has 1 fully saturated rings. The van der Waals surface area contributed by atoms with Crippen molar-refractivity contribution >= 4 is 0 Å². The van der Waals surface area contributed by atoms with Crippen LogP contribution in [0, 0.1) is 5.82 Å². The summed E-state index contributed by atoms with van der Waals surface area (Å²) in [4.78, 5) is 4.15. The maximum absolute atomic E-state index is 13.2. The van der Waals surface area contributed by atoms with Gasteiger partial charge in [0.25, 0.3) is 0 Å². The van der Waals surface area contributed by atoms with Crippen molar-refractivity contribution in [1.82, 2.24) is 20.1 Å². The summed E-state index contributed by atoms with van der Waals surface area (Å²) < 4.78 is 14.9. The average Bonchev–Trinajstić information content (AvgIpc) is 3.09. The summed E-state index contributed by atoms with van der Waals surface area (Å²) in [6.07, 6.45) is 5.56. The van der Waals surface area contributed by atoms with Gasteiger partial charge in [-0.2, -0.15) is 5.10 Å². The second-order valence-electron chi connectivity index (χ2n) is 4.63. The number of pyridine rings is 1. The van der Waals surface area contributed by atoms with Crippen molar-refractivity contribution in [2.75, 3.05) is 7.05 Å². The van der Waals surface area contributed by atoms with E-state index in [1.165, 1.54) is 25.1 Å². The number of nitrogens with zero attached hydrogens (tertiary/aromatic N) is 3. The fourth-order valence-corrected chi connectivity index (χ4v) is 2.05. The molecule has 1 aliphatic carbocycles. The van der Waals surface area contributed by atoms with Crippen LogP contribution in [0.3, 0.4) is 0 Å². The van der Waals surface area contributed by atoms with Gasteiger partial charge >= 0.3 is 0 Å². The van der Waals surface area contributed by atoms with Crippen molar-refractivity contribution < 1.29 is 4.39 Å². The number of hydrogen-bond acceptors (Lipinski definition) is 3. The molecule has 5 heteroatoms. The molecule has 2 aromatic heterocycles. The average molecular weight is 246 g/mol. The fourth-order valence-electron chi connectivity index (χ4n) is 2.05. The van der Waals surface area contributed by atoms with Gasteiger partial charge in [0.1, 0.15) is 5.82 Å². The van der Waals surface area contributed by atoms with E-state index in [-0.39, 0.29) is 5.82 Å². The number of hydrogen-bond donors (Lipinski definition) is 1. The molecule has 2 aromatic rings. The molecule has 0 aromatic carbocycles. The Hall–Kier alpha value is -1.75. The van der Waals surface area contributed by atoms with Gasteiger partial charge in [-0.15, -0.1) is 0 Å². The maximum atomic E-state index is 13.2. The van der Waals surface area contributed by atoms with Gasteiger partial charge < -0.3 is 5.32 Å². The summed E-state index contributed by atoms with van der Waals surface area (Å²) in [5.41, 5.74) is 1.92. The minimum atomic E-state index is -0.321. The van der Waals surface area contributed by atoms with E-state index in [0.29, 0.717) is 18.3 Å². The molecule has 1 saturated carbocycles. The molecule has 1 N–H and O–H groups in total. The van der Waals surface area contributed by atoms with Gasteiger partial charge in [-0.05, 0) is 32.0 Å². The predicted molar refractivity (Wildman–Crippen MR) is 66.1 cm³/mol. The zero-order valence-electron chi connectivity index (χ0n) is 10.2. The smallest absolute Gasteiger partial charge is 0.157 e. The Kier molecular flexibility index (Phi) is 2.83. The number of halogens is 1. The molecule has 0 atom stereocenters. The SMILES string of the molecule is CNCc1cc(F)cnc1-n1ccc(C2CC2)n1. The standard InChI is InChI=1S/C13H15FN4/c1-15-7-10-6-11(14)8-16-13(10)18-5-4-12(17-18)9-2-3-9/h4-6,8-9,15H,2-3,7H2,1H3. The highest BCUT2D eigenvalue weighted by atomic mass is 19.1. The molecule has 0 saturated heterocycles. The van der Waals surface area contributed by atoms with E-state index in [2.05, 4.69) is 15.4 Å². The highest BCUT2D eigenvalue weighted by molar-refractivity contribution is 5.34. The Morgan fingerprint density at radius 3 is 3.06 bits per heavy atom. The first-order valence-corrected chi connectivity index (χ1v) is 6.13. The third-order valence-electron chi connectivity index (χ3n) is 3.10. The Labute approximate surface area is 105 Å². The lowest BCUT2D eigenvalue weighted by Crippen LogP contribution is -2.11. The second-order valence-corrected chi connectivity index (χ2v) is 4.63. The third kappa shape index (κ3) is 2.13. The quantitative estimate of drug-likeness (QED) is 0.897. The van der Waals surface area contributed by atoms with E-state index in [9.17, 15) is 4.39 Å². The lowest BCUT2D eigenvalue weighted by Gasteiger charge is -2.08. The maximum Gasteiger partial charge on any atom is 0.157 e. The molecule has 2 heterocycles. The van der Waals surface area contributed by atoms with E-state index < -0.39 is 0 Å². The second kappa shape index (κ2) is 4.49. The zero-order valence-corrected chi connectivity index (χ0v) is 10.2. The largest absolute Gasteiger partial charge is 0.316 e. The Bertz CT molecular complexity index is 560. The topological polar surface area (TPSA) is 42.7 Å². The van der Waals surface area contributed by atoms with Crippen molar-refractivity contribution in [3.63, 3.8) is 0 Å². The first kappa shape index (κ1) is 11.3. The first-order chi connectivity index (χ1) is 8.78. The summed E-state index contributed by atoms with van der Waals surface area (Å²) in [5.74, 6) is 0.982. The summed E-state index contributed by atoms with van der Waals surface area (Å²) >= 11 is 0. The molecule has 0 aliphatic heterocycles. The molecule has 3 rings (SSSR count). The number of rotatable bonds is 4. The molecular weight excluding hydrogens is 231 g/mol. The molecule has 1 aliphatic rings. The van der Waals surface area contributed by atoms with Crippen molar-refractivity contribution in [3.8, 4) is 5.82 Å². The minimum absolute atomic E-state index is 0.321.